The van der Waals surface area contributed by atoms with Crippen LogP contribution in [0.3, 0.4) is 0 Å². The highest BCUT2D eigenvalue weighted by Crippen LogP contribution is 2.27. The van der Waals surface area contributed by atoms with Crippen LogP contribution in [-0.2, 0) is 10.0 Å². The maximum Gasteiger partial charge on any atom is 0.243 e. The molecule has 4 nitrogen and oxygen atoms in total. The Morgan fingerprint density at radius 2 is 1.79 bits per heavy atom. The van der Waals surface area contributed by atoms with Crippen molar-refractivity contribution in [1.29, 1.82) is 0 Å². The summed E-state index contributed by atoms with van der Waals surface area (Å²) in [6, 6.07) is 6.24. The van der Waals surface area contributed by atoms with Crippen molar-refractivity contribution in [2.75, 3.05) is 7.05 Å². The van der Waals surface area contributed by atoms with Gasteiger partial charge in [-0.1, -0.05) is 28.8 Å². The van der Waals surface area contributed by atoms with Gasteiger partial charge in [0.1, 0.15) is 0 Å². The van der Waals surface area contributed by atoms with Gasteiger partial charge in [-0.05, 0) is 37.1 Å². The molecule has 1 aromatic rings. The van der Waals surface area contributed by atoms with Crippen LogP contribution in [0.15, 0.2) is 33.6 Å². The molecule has 0 saturated heterocycles. The highest BCUT2D eigenvalue weighted by molar-refractivity contribution is 9.10. The summed E-state index contributed by atoms with van der Waals surface area (Å²) in [6.07, 6.45) is 2.74. The monoisotopic (exact) mass is 347 g/mol. The number of nitrogens with zero attached hydrogens (tertiary/aromatic N) is 1. The molecular weight excluding hydrogens is 330 g/mol. The van der Waals surface area contributed by atoms with Gasteiger partial charge in [0.2, 0.25) is 10.0 Å². The maximum absolute atomic E-state index is 12.5. The number of sulfonamides is 1. The third kappa shape index (κ3) is 3.18. The molecule has 0 amide bonds. The van der Waals surface area contributed by atoms with Gasteiger partial charge in [-0.25, -0.2) is 8.42 Å². The van der Waals surface area contributed by atoms with E-state index in [1.807, 2.05) is 0 Å². The van der Waals surface area contributed by atoms with Gasteiger partial charge in [0, 0.05) is 11.5 Å². The molecule has 1 aromatic carbocycles. The van der Waals surface area contributed by atoms with Gasteiger partial charge < -0.3 is 5.11 Å². The maximum atomic E-state index is 12.5. The van der Waals surface area contributed by atoms with E-state index >= 15 is 0 Å². The molecule has 0 aromatic heterocycles. The molecule has 1 fully saturated rings. The Morgan fingerprint density at radius 3 is 2.37 bits per heavy atom. The molecule has 0 unspecified atom stereocenters. The summed E-state index contributed by atoms with van der Waals surface area (Å²) in [5, 5.41) is 9.98. The van der Waals surface area contributed by atoms with Crippen molar-refractivity contribution >= 4 is 26.0 Å². The quantitative estimate of drug-likeness (QED) is 0.913. The lowest BCUT2D eigenvalue weighted by Gasteiger charge is -2.34. The highest BCUT2D eigenvalue weighted by atomic mass is 79.9. The largest absolute Gasteiger partial charge is 0.391 e. The molecule has 0 heterocycles. The Balaban J connectivity index is 2.25. The average Bonchev–Trinajstić information content (AvgIpc) is 2.39. The summed E-state index contributed by atoms with van der Waals surface area (Å²) in [7, 11) is -1.98. The molecule has 2 rings (SSSR count). The van der Waals surface area contributed by atoms with Crippen LogP contribution in [-0.4, -0.2) is 37.0 Å². The van der Waals surface area contributed by atoms with Gasteiger partial charge in [0.25, 0.3) is 0 Å². The molecule has 0 radical (unpaired) electrons. The lowest BCUT2D eigenvalue weighted by molar-refractivity contribution is 0.0638. The van der Waals surface area contributed by atoms with Crippen molar-refractivity contribution in [3.63, 3.8) is 0 Å². The summed E-state index contributed by atoms with van der Waals surface area (Å²) in [5.41, 5.74) is 0. The first kappa shape index (κ1) is 15.0. The molecule has 1 saturated carbocycles. The van der Waals surface area contributed by atoms with Crippen LogP contribution in [0.4, 0.5) is 0 Å². The average molecular weight is 348 g/mol. The number of likely N-dealkylation sites (N-methyl/N-ethyl adjacent to an activating group) is 1. The van der Waals surface area contributed by atoms with Gasteiger partial charge in [0.05, 0.1) is 17.0 Å². The molecule has 19 heavy (non-hydrogen) atoms. The number of aliphatic hydroxyl groups excluding tert-OH is 1. The van der Waals surface area contributed by atoms with E-state index < -0.39 is 16.1 Å². The summed E-state index contributed by atoms with van der Waals surface area (Å²) >= 11 is 3.29. The molecule has 106 valence electrons. The first-order valence-electron chi connectivity index (χ1n) is 6.34. The van der Waals surface area contributed by atoms with Crippen LogP contribution < -0.4 is 0 Å². The van der Waals surface area contributed by atoms with Gasteiger partial charge in [0.15, 0.2) is 0 Å². The second-order valence-corrected chi connectivity index (χ2v) is 7.81. The van der Waals surface area contributed by atoms with Crippen molar-refractivity contribution in [1.82, 2.24) is 4.31 Å². The number of benzene rings is 1. The number of aliphatic hydroxyl groups is 1. The third-order valence-electron chi connectivity index (χ3n) is 3.65. The van der Waals surface area contributed by atoms with Crippen molar-refractivity contribution in [3.05, 3.63) is 28.7 Å². The van der Waals surface area contributed by atoms with E-state index in [9.17, 15) is 13.5 Å². The predicted molar refractivity (Wildman–Crippen MR) is 77.4 cm³/mol. The molecule has 1 aliphatic rings. The summed E-state index contributed by atoms with van der Waals surface area (Å²) in [6.45, 7) is 0. The fourth-order valence-electron chi connectivity index (χ4n) is 2.47. The van der Waals surface area contributed by atoms with E-state index in [0.717, 1.165) is 17.3 Å². The smallest absolute Gasteiger partial charge is 0.243 e. The van der Waals surface area contributed by atoms with Crippen LogP contribution in [0.2, 0.25) is 0 Å². The van der Waals surface area contributed by atoms with E-state index in [4.69, 9.17) is 0 Å². The minimum absolute atomic E-state index is 0.260. The van der Waals surface area contributed by atoms with Crippen LogP contribution in [0.1, 0.15) is 25.7 Å². The SMILES string of the molecule is CN([C@H]1CCCC[C@H]1O)S(=O)(=O)c1ccc(Br)cc1. The first-order valence-corrected chi connectivity index (χ1v) is 8.58. The minimum atomic E-state index is -3.54. The van der Waals surface area contributed by atoms with Crippen LogP contribution in [0.25, 0.3) is 0 Å². The van der Waals surface area contributed by atoms with Crippen LogP contribution >= 0.6 is 15.9 Å². The van der Waals surface area contributed by atoms with Gasteiger partial charge >= 0.3 is 0 Å². The second kappa shape index (κ2) is 5.91. The second-order valence-electron chi connectivity index (χ2n) is 4.89. The van der Waals surface area contributed by atoms with Crippen LogP contribution in [0.5, 0.6) is 0 Å². The third-order valence-corrected chi connectivity index (χ3v) is 6.08. The zero-order valence-corrected chi connectivity index (χ0v) is 13.2. The van der Waals surface area contributed by atoms with Gasteiger partial charge in [-0.3, -0.25) is 0 Å². The Bertz CT molecular complexity index is 529. The molecule has 1 N–H and O–H groups in total. The molecule has 0 spiro atoms. The fraction of sp³-hybridized carbons (Fsp3) is 0.538. The number of halogens is 1. The van der Waals surface area contributed by atoms with E-state index in [-0.39, 0.29) is 10.9 Å². The Hall–Kier alpha value is -0.430. The van der Waals surface area contributed by atoms with E-state index in [1.165, 1.54) is 4.31 Å². The van der Waals surface area contributed by atoms with Gasteiger partial charge in [-0.15, -0.1) is 0 Å². The molecule has 2 atom stereocenters. The molecule has 1 aliphatic carbocycles. The van der Waals surface area contributed by atoms with E-state index in [1.54, 1.807) is 31.3 Å². The topological polar surface area (TPSA) is 57.6 Å². The summed E-state index contributed by atoms with van der Waals surface area (Å²) < 4.78 is 27.1. The number of hydrogen-bond acceptors (Lipinski definition) is 3. The summed E-state index contributed by atoms with van der Waals surface area (Å²) in [4.78, 5) is 0.260. The van der Waals surface area contributed by atoms with E-state index in [2.05, 4.69) is 15.9 Å². The number of hydrogen-bond donors (Lipinski definition) is 1. The van der Waals surface area contributed by atoms with Gasteiger partial charge in [-0.2, -0.15) is 4.31 Å². The zero-order chi connectivity index (χ0) is 14.0. The first-order chi connectivity index (χ1) is 8.93. The van der Waals surface area contributed by atoms with E-state index in [0.29, 0.717) is 12.8 Å². The predicted octanol–water partition coefficient (Wildman–Crippen LogP) is 2.37. The fourth-order valence-corrected chi connectivity index (χ4v) is 4.15. The Kier molecular flexibility index (Phi) is 4.66. The Labute approximate surface area is 122 Å². The standard InChI is InChI=1S/C13H18BrNO3S/c1-15(12-4-2-3-5-13(12)16)19(17,18)11-8-6-10(14)7-9-11/h6-9,12-13,16H,2-5H2,1H3/t12-,13+/m0/s1. The lowest BCUT2D eigenvalue weighted by atomic mass is 9.93. The molecule has 0 aliphatic heterocycles. The lowest BCUT2D eigenvalue weighted by Crippen LogP contribution is -2.46. The molecule has 0 bridgehead atoms. The van der Waals surface area contributed by atoms with Crippen LogP contribution in [0, 0.1) is 0 Å². The summed E-state index contributed by atoms with van der Waals surface area (Å²) in [5.74, 6) is 0. The minimum Gasteiger partial charge on any atom is -0.391 e. The normalized spacial score (nSPS) is 24.6. The molecular formula is C13H18BrNO3S. The van der Waals surface area contributed by atoms with Crippen molar-refractivity contribution in [2.45, 2.75) is 42.7 Å². The van der Waals surface area contributed by atoms with Crippen molar-refractivity contribution < 1.29 is 13.5 Å². The zero-order valence-electron chi connectivity index (χ0n) is 10.8. The number of rotatable bonds is 3. The Morgan fingerprint density at radius 1 is 1.21 bits per heavy atom. The highest BCUT2D eigenvalue weighted by Gasteiger charge is 2.34. The van der Waals surface area contributed by atoms with Crippen molar-refractivity contribution in [3.8, 4) is 0 Å². The molecule has 6 heteroatoms. The van der Waals surface area contributed by atoms with Crippen molar-refractivity contribution in [2.24, 2.45) is 0 Å².